The zero-order valence-corrected chi connectivity index (χ0v) is 19.0. The Kier molecular flexibility index (Phi) is 6.54. The number of halogens is 2. The van der Waals surface area contributed by atoms with Crippen molar-refractivity contribution < 1.29 is 24.9 Å². The van der Waals surface area contributed by atoms with Crippen molar-refractivity contribution in [2.75, 3.05) is 0 Å². The summed E-state index contributed by atoms with van der Waals surface area (Å²) in [6.45, 7) is 0. The summed E-state index contributed by atoms with van der Waals surface area (Å²) in [5.41, 5.74) is 2.77. The Labute approximate surface area is 200 Å². The Hall–Kier alpha value is -3.16. The number of aliphatic carboxylic acids is 1. The first-order chi connectivity index (χ1) is 15.8. The third kappa shape index (κ3) is 4.51. The summed E-state index contributed by atoms with van der Waals surface area (Å²) in [5.74, 6) is -1.82. The number of carboxylic acids is 1. The lowest BCUT2D eigenvalue weighted by molar-refractivity contribution is -0.139. The van der Waals surface area contributed by atoms with Gasteiger partial charge in [0.15, 0.2) is 0 Å². The minimum atomic E-state index is -1.21. The number of nitrogens with zero attached hydrogens (tertiary/aromatic N) is 1. The van der Waals surface area contributed by atoms with Crippen molar-refractivity contribution in [2.24, 2.45) is 0 Å². The number of nitrogens with one attached hydrogen (secondary N) is 1. The van der Waals surface area contributed by atoms with Crippen molar-refractivity contribution in [3.05, 3.63) is 74.8 Å². The van der Waals surface area contributed by atoms with Crippen molar-refractivity contribution in [2.45, 2.75) is 38.1 Å². The van der Waals surface area contributed by atoms with Crippen LogP contribution in [0.4, 0.5) is 0 Å². The van der Waals surface area contributed by atoms with Gasteiger partial charge in [0.2, 0.25) is 11.8 Å². The van der Waals surface area contributed by atoms with Gasteiger partial charge in [-0.1, -0.05) is 41.4 Å². The van der Waals surface area contributed by atoms with E-state index in [2.05, 4.69) is 5.32 Å². The van der Waals surface area contributed by atoms with Gasteiger partial charge in [-0.15, -0.1) is 0 Å². The van der Waals surface area contributed by atoms with E-state index in [1.54, 1.807) is 30.3 Å². The molecule has 1 aliphatic carbocycles. The summed E-state index contributed by atoms with van der Waals surface area (Å²) in [4.78, 5) is 24.4. The third-order valence-electron chi connectivity index (χ3n) is 5.86. The van der Waals surface area contributed by atoms with Crippen LogP contribution >= 0.6 is 23.2 Å². The molecule has 0 saturated heterocycles. The number of hydrogen-bond acceptors (Lipinski definition) is 4. The quantitative estimate of drug-likeness (QED) is 0.408. The van der Waals surface area contributed by atoms with Crippen LogP contribution in [0.3, 0.4) is 0 Å². The number of fused-ring (bicyclic) bond motifs is 1. The van der Waals surface area contributed by atoms with Crippen LogP contribution in [0.5, 0.6) is 11.8 Å². The Balaban J connectivity index is 1.54. The van der Waals surface area contributed by atoms with E-state index in [-0.39, 0.29) is 33.8 Å². The average molecular weight is 489 g/mol. The lowest BCUT2D eigenvalue weighted by Gasteiger charge is -2.16. The maximum Gasteiger partial charge on any atom is 0.326 e. The van der Waals surface area contributed by atoms with Gasteiger partial charge in [-0.2, -0.15) is 0 Å². The summed E-state index contributed by atoms with van der Waals surface area (Å²) in [7, 11) is 0. The molecule has 1 aromatic heterocycles. The molecule has 0 aliphatic heterocycles. The molecule has 1 atom stereocenters. The van der Waals surface area contributed by atoms with Crippen LogP contribution in [0, 0.1) is 0 Å². The molecule has 0 spiro atoms. The van der Waals surface area contributed by atoms with Crippen molar-refractivity contribution >= 4 is 35.1 Å². The van der Waals surface area contributed by atoms with Crippen LogP contribution in [0.15, 0.2) is 42.5 Å². The number of carbonyl (C=O) groups is 2. The minimum Gasteiger partial charge on any atom is -0.494 e. The highest BCUT2D eigenvalue weighted by Crippen LogP contribution is 2.40. The molecule has 7 nitrogen and oxygen atoms in total. The van der Waals surface area contributed by atoms with Crippen LogP contribution < -0.4 is 5.32 Å². The van der Waals surface area contributed by atoms with E-state index in [1.807, 2.05) is 0 Å². The number of aromatic nitrogens is 1. The maximum atomic E-state index is 12.6. The third-order valence-corrected chi connectivity index (χ3v) is 6.49. The topological polar surface area (TPSA) is 112 Å². The number of benzene rings is 2. The Bertz CT molecular complexity index is 1170. The molecule has 0 bridgehead atoms. The molecule has 33 heavy (non-hydrogen) atoms. The number of hydrogen-bond donors (Lipinski definition) is 4. The molecule has 0 radical (unpaired) electrons. The van der Waals surface area contributed by atoms with E-state index in [1.165, 1.54) is 16.7 Å². The second-order valence-corrected chi connectivity index (χ2v) is 8.79. The monoisotopic (exact) mass is 488 g/mol. The van der Waals surface area contributed by atoms with Crippen LogP contribution in [0.25, 0.3) is 5.69 Å². The molecule has 0 saturated carbocycles. The predicted molar refractivity (Wildman–Crippen MR) is 125 cm³/mol. The standard InChI is InChI=1S/C24H22Cl2N2O5/c25-17-6-3-7-18(26)20(17)21(29)27-19(24(32)33)12-13-8-10-14(11-9-13)28-22(30)15-4-1-2-5-16(15)23(28)31/h3,6-11,19,30-31H,1-2,4-5,12H2,(H,27,29)(H,32,33)/t19-/m0/s1. The van der Waals surface area contributed by atoms with E-state index < -0.39 is 17.9 Å². The number of amides is 1. The van der Waals surface area contributed by atoms with E-state index >= 15 is 0 Å². The Morgan fingerprint density at radius 3 is 2.00 bits per heavy atom. The first kappa shape index (κ1) is 23.0. The second-order valence-electron chi connectivity index (χ2n) is 7.98. The highest BCUT2D eigenvalue weighted by molar-refractivity contribution is 6.39. The van der Waals surface area contributed by atoms with E-state index in [9.17, 15) is 24.9 Å². The second kappa shape index (κ2) is 9.37. The molecular formula is C24H22Cl2N2O5. The average Bonchev–Trinajstić information content (AvgIpc) is 3.04. The lowest BCUT2D eigenvalue weighted by atomic mass is 9.95. The summed E-state index contributed by atoms with van der Waals surface area (Å²) in [5, 5.41) is 33.5. The number of carbonyl (C=O) groups excluding carboxylic acids is 1. The van der Waals surface area contributed by atoms with E-state index in [0.29, 0.717) is 11.3 Å². The molecule has 1 aliphatic rings. The highest BCUT2D eigenvalue weighted by atomic mass is 35.5. The van der Waals surface area contributed by atoms with Crippen molar-refractivity contribution in [1.82, 2.24) is 9.88 Å². The molecule has 1 amide bonds. The van der Waals surface area contributed by atoms with Crippen LogP contribution in [-0.4, -0.2) is 37.8 Å². The predicted octanol–water partition coefficient (Wildman–Crippen LogP) is 4.50. The zero-order valence-electron chi connectivity index (χ0n) is 17.5. The normalized spacial score (nSPS) is 13.9. The Morgan fingerprint density at radius 2 is 1.48 bits per heavy atom. The molecule has 4 rings (SSSR count). The number of carboxylic acid groups (broad SMARTS) is 1. The van der Waals surface area contributed by atoms with Gasteiger partial charge >= 0.3 is 5.97 Å². The van der Waals surface area contributed by atoms with Gasteiger partial charge in [0.1, 0.15) is 6.04 Å². The van der Waals surface area contributed by atoms with Crippen molar-refractivity contribution in [1.29, 1.82) is 0 Å². The number of rotatable bonds is 6. The van der Waals surface area contributed by atoms with Gasteiger partial charge in [0.05, 0.1) is 21.3 Å². The summed E-state index contributed by atoms with van der Waals surface area (Å²) >= 11 is 12.1. The van der Waals surface area contributed by atoms with Crippen molar-refractivity contribution in [3.63, 3.8) is 0 Å². The zero-order chi connectivity index (χ0) is 23.7. The van der Waals surface area contributed by atoms with Gasteiger partial charge in [-0.25, -0.2) is 4.79 Å². The van der Waals surface area contributed by atoms with Gasteiger partial charge in [-0.3, -0.25) is 9.36 Å². The van der Waals surface area contributed by atoms with Gasteiger partial charge in [0, 0.05) is 17.5 Å². The van der Waals surface area contributed by atoms with Crippen LogP contribution in [-0.2, 0) is 24.1 Å². The van der Waals surface area contributed by atoms with Crippen molar-refractivity contribution in [3.8, 4) is 17.4 Å². The smallest absolute Gasteiger partial charge is 0.326 e. The summed E-state index contributed by atoms with van der Waals surface area (Å²) in [6, 6.07) is 10.1. The number of aromatic hydroxyl groups is 2. The van der Waals surface area contributed by atoms with Crippen LogP contribution in [0.1, 0.15) is 39.9 Å². The minimum absolute atomic E-state index is 0.0174. The van der Waals surface area contributed by atoms with Crippen LogP contribution in [0.2, 0.25) is 10.0 Å². The largest absolute Gasteiger partial charge is 0.494 e. The molecule has 4 N–H and O–H groups in total. The first-order valence-corrected chi connectivity index (χ1v) is 11.2. The molecule has 2 aromatic carbocycles. The van der Waals surface area contributed by atoms with Gasteiger partial charge in [0.25, 0.3) is 5.91 Å². The SMILES string of the molecule is O=C(N[C@@H](Cc1ccc(-n2c(O)c3c(c2O)CCCC3)cc1)C(=O)O)c1c(Cl)cccc1Cl. The Morgan fingerprint density at radius 1 is 0.939 bits per heavy atom. The highest BCUT2D eigenvalue weighted by Gasteiger charge is 2.26. The first-order valence-electron chi connectivity index (χ1n) is 10.5. The lowest BCUT2D eigenvalue weighted by Crippen LogP contribution is -2.42. The fraction of sp³-hybridized carbons (Fsp3) is 0.250. The van der Waals surface area contributed by atoms with Gasteiger partial charge in [-0.05, 0) is 55.5 Å². The molecule has 9 heteroatoms. The molecule has 0 unspecified atom stereocenters. The molecule has 0 fully saturated rings. The fourth-order valence-electron chi connectivity index (χ4n) is 4.18. The molecular weight excluding hydrogens is 467 g/mol. The molecule has 3 aromatic rings. The van der Waals surface area contributed by atoms with E-state index in [4.69, 9.17) is 23.2 Å². The van der Waals surface area contributed by atoms with Gasteiger partial charge < -0.3 is 20.6 Å². The fourth-order valence-corrected chi connectivity index (χ4v) is 4.74. The summed E-state index contributed by atoms with van der Waals surface area (Å²) < 4.78 is 1.40. The molecule has 172 valence electrons. The van der Waals surface area contributed by atoms with E-state index in [0.717, 1.165) is 36.8 Å². The summed E-state index contributed by atoms with van der Waals surface area (Å²) in [6.07, 6.45) is 3.38. The maximum absolute atomic E-state index is 12.6. The molecule has 1 heterocycles.